The van der Waals surface area contributed by atoms with Gasteiger partial charge in [-0.25, -0.2) is 4.98 Å². The Labute approximate surface area is 126 Å². The highest BCUT2D eigenvalue weighted by Crippen LogP contribution is 2.35. The zero-order valence-electron chi connectivity index (χ0n) is 12.8. The summed E-state index contributed by atoms with van der Waals surface area (Å²) >= 11 is 0. The van der Waals surface area contributed by atoms with Gasteiger partial charge in [-0.15, -0.1) is 0 Å². The van der Waals surface area contributed by atoms with Crippen molar-refractivity contribution in [3.63, 3.8) is 0 Å². The van der Waals surface area contributed by atoms with E-state index in [2.05, 4.69) is 47.6 Å². The number of hydrogen-bond acceptors (Lipinski definition) is 3. The van der Waals surface area contributed by atoms with Crippen LogP contribution in [0.5, 0.6) is 0 Å². The Morgan fingerprint density at radius 2 is 2.05 bits per heavy atom. The van der Waals surface area contributed by atoms with Gasteiger partial charge in [0.15, 0.2) is 0 Å². The molecule has 0 spiro atoms. The van der Waals surface area contributed by atoms with Gasteiger partial charge in [-0.1, -0.05) is 24.3 Å². The molecule has 3 nitrogen and oxygen atoms in total. The van der Waals surface area contributed by atoms with E-state index < -0.39 is 0 Å². The minimum atomic E-state index is 0.269. The van der Waals surface area contributed by atoms with Crippen LogP contribution in [-0.2, 0) is 12.8 Å². The summed E-state index contributed by atoms with van der Waals surface area (Å²) in [5.74, 6) is 1.22. The number of benzene rings is 1. The maximum atomic E-state index is 6.12. The third-order valence-electron chi connectivity index (χ3n) is 4.59. The molecule has 3 N–H and O–H groups in total. The largest absolute Gasteiger partial charge is 0.383 e. The van der Waals surface area contributed by atoms with Crippen LogP contribution < -0.4 is 11.1 Å². The molecule has 0 radical (unpaired) electrons. The Balaban J connectivity index is 1.90. The molecule has 21 heavy (non-hydrogen) atoms. The van der Waals surface area contributed by atoms with E-state index in [1.54, 1.807) is 0 Å². The first-order valence-corrected chi connectivity index (χ1v) is 7.65. The lowest BCUT2D eigenvalue weighted by molar-refractivity contribution is 0.342. The van der Waals surface area contributed by atoms with E-state index in [9.17, 15) is 0 Å². The number of aryl methyl sites for hydroxylation is 2. The van der Waals surface area contributed by atoms with Crippen molar-refractivity contribution >= 4 is 5.82 Å². The molecule has 0 fully saturated rings. The Morgan fingerprint density at radius 1 is 1.29 bits per heavy atom. The van der Waals surface area contributed by atoms with Gasteiger partial charge in [0.2, 0.25) is 0 Å². The molecule has 1 heterocycles. The zero-order valence-corrected chi connectivity index (χ0v) is 12.8. The molecule has 0 bridgehead atoms. The van der Waals surface area contributed by atoms with Crippen LogP contribution in [0.4, 0.5) is 5.82 Å². The first-order chi connectivity index (χ1) is 10.2. The van der Waals surface area contributed by atoms with Crippen molar-refractivity contribution in [2.45, 2.75) is 32.2 Å². The van der Waals surface area contributed by atoms with Crippen LogP contribution >= 0.6 is 0 Å². The van der Waals surface area contributed by atoms with Gasteiger partial charge in [0.05, 0.1) is 0 Å². The van der Waals surface area contributed by atoms with Crippen molar-refractivity contribution < 1.29 is 0 Å². The van der Waals surface area contributed by atoms with Gasteiger partial charge >= 0.3 is 0 Å². The summed E-state index contributed by atoms with van der Waals surface area (Å²) in [5.41, 5.74) is 11.4. The van der Waals surface area contributed by atoms with E-state index in [0.717, 1.165) is 24.0 Å². The molecular formula is C18H23N3. The smallest absolute Gasteiger partial charge is 0.128 e. The zero-order chi connectivity index (χ0) is 14.8. The Hall–Kier alpha value is -1.87. The molecule has 1 aromatic carbocycles. The lowest BCUT2D eigenvalue weighted by Gasteiger charge is -2.32. The summed E-state index contributed by atoms with van der Waals surface area (Å²) in [6, 6.07) is 11.2. The molecule has 1 aliphatic rings. The number of pyridine rings is 1. The van der Waals surface area contributed by atoms with Gasteiger partial charge in [0.25, 0.3) is 0 Å². The van der Waals surface area contributed by atoms with Crippen LogP contribution in [-0.4, -0.2) is 12.0 Å². The number of nitrogens with zero attached hydrogens (tertiary/aromatic N) is 1. The third-order valence-corrected chi connectivity index (χ3v) is 4.59. The summed E-state index contributed by atoms with van der Waals surface area (Å²) < 4.78 is 0. The second kappa shape index (κ2) is 5.86. The maximum absolute atomic E-state index is 6.12. The molecule has 1 aliphatic carbocycles. The van der Waals surface area contributed by atoms with Gasteiger partial charge in [-0.05, 0) is 61.9 Å². The van der Waals surface area contributed by atoms with Gasteiger partial charge in [0, 0.05) is 17.8 Å². The van der Waals surface area contributed by atoms with Crippen molar-refractivity contribution in [1.29, 1.82) is 0 Å². The van der Waals surface area contributed by atoms with Crippen LogP contribution in [0.1, 0.15) is 34.7 Å². The molecule has 2 atom stereocenters. The van der Waals surface area contributed by atoms with Crippen molar-refractivity contribution in [2.24, 2.45) is 5.92 Å². The molecule has 0 saturated heterocycles. The highest BCUT2D eigenvalue weighted by molar-refractivity contribution is 5.44. The molecule has 0 aliphatic heterocycles. The highest BCUT2D eigenvalue weighted by atomic mass is 14.9. The Bertz CT molecular complexity index is 636. The standard InChI is InChI=1S/C18H23N3/c1-12-9-16(18(19)21-11-12)17(20-2)15-8-7-13-5-3-4-6-14(13)10-15/h3-6,9,11,15,17,20H,7-8,10H2,1-2H3,(H2,19,21). The molecule has 110 valence electrons. The molecule has 2 unspecified atom stereocenters. The molecule has 2 aromatic rings. The summed E-state index contributed by atoms with van der Waals surface area (Å²) in [6.07, 6.45) is 5.28. The average molecular weight is 281 g/mol. The van der Waals surface area contributed by atoms with Gasteiger partial charge in [-0.3, -0.25) is 0 Å². The number of aromatic nitrogens is 1. The number of nitrogens with one attached hydrogen (secondary N) is 1. The first kappa shape index (κ1) is 14.1. The van der Waals surface area contributed by atoms with E-state index >= 15 is 0 Å². The average Bonchev–Trinajstić information content (AvgIpc) is 2.51. The Morgan fingerprint density at radius 3 is 2.81 bits per heavy atom. The van der Waals surface area contributed by atoms with Gasteiger partial charge in [-0.2, -0.15) is 0 Å². The fourth-order valence-corrected chi connectivity index (χ4v) is 3.51. The van der Waals surface area contributed by atoms with Gasteiger partial charge < -0.3 is 11.1 Å². The van der Waals surface area contributed by atoms with E-state index in [1.165, 1.54) is 17.5 Å². The number of nitrogen functional groups attached to an aromatic ring is 1. The topological polar surface area (TPSA) is 50.9 Å². The summed E-state index contributed by atoms with van der Waals surface area (Å²) in [5, 5.41) is 3.47. The molecule has 0 amide bonds. The number of fused-ring (bicyclic) bond motifs is 1. The number of hydrogen-bond donors (Lipinski definition) is 2. The summed E-state index contributed by atoms with van der Waals surface area (Å²) in [4.78, 5) is 4.32. The van der Waals surface area contributed by atoms with E-state index in [4.69, 9.17) is 5.73 Å². The minimum Gasteiger partial charge on any atom is -0.383 e. The van der Waals surface area contributed by atoms with E-state index in [0.29, 0.717) is 11.7 Å². The van der Waals surface area contributed by atoms with Crippen molar-refractivity contribution in [3.05, 3.63) is 58.8 Å². The maximum Gasteiger partial charge on any atom is 0.128 e. The SMILES string of the molecule is CNC(c1cc(C)cnc1N)C1CCc2ccccc2C1. The molecule has 1 aromatic heterocycles. The van der Waals surface area contributed by atoms with Crippen LogP contribution in [0.15, 0.2) is 36.5 Å². The van der Waals surface area contributed by atoms with Crippen LogP contribution in [0.25, 0.3) is 0 Å². The lowest BCUT2D eigenvalue weighted by Crippen LogP contribution is -2.30. The monoisotopic (exact) mass is 281 g/mol. The van der Waals surface area contributed by atoms with Crippen LogP contribution in [0.3, 0.4) is 0 Å². The molecular weight excluding hydrogens is 258 g/mol. The Kier molecular flexibility index (Phi) is 3.93. The van der Waals surface area contributed by atoms with Crippen molar-refractivity contribution in [3.8, 4) is 0 Å². The quantitative estimate of drug-likeness (QED) is 0.909. The fourth-order valence-electron chi connectivity index (χ4n) is 3.51. The molecule has 3 rings (SSSR count). The third kappa shape index (κ3) is 2.79. The van der Waals surface area contributed by atoms with Gasteiger partial charge in [0.1, 0.15) is 5.82 Å². The second-order valence-electron chi connectivity index (χ2n) is 6.03. The summed E-state index contributed by atoms with van der Waals surface area (Å²) in [6.45, 7) is 2.07. The second-order valence-corrected chi connectivity index (χ2v) is 6.03. The fraction of sp³-hybridized carbons (Fsp3) is 0.389. The molecule has 0 saturated carbocycles. The molecule has 3 heteroatoms. The lowest BCUT2D eigenvalue weighted by atomic mass is 9.78. The first-order valence-electron chi connectivity index (χ1n) is 7.65. The van der Waals surface area contributed by atoms with Crippen LogP contribution in [0, 0.1) is 12.8 Å². The number of rotatable bonds is 3. The highest BCUT2D eigenvalue weighted by Gasteiger charge is 2.27. The van der Waals surface area contributed by atoms with E-state index in [-0.39, 0.29) is 6.04 Å². The van der Waals surface area contributed by atoms with Crippen LogP contribution in [0.2, 0.25) is 0 Å². The van der Waals surface area contributed by atoms with Crippen molar-refractivity contribution in [2.75, 3.05) is 12.8 Å². The summed E-state index contributed by atoms with van der Waals surface area (Å²) in [7, 11) is 2.02. The number of nitrogens with two attached hydrogens (primary N) is 1. The predicted molar refractivity (Wildman–Crippen MR) is 87.1 cm³/mol. The van der Waals surface area contributed by atoms with E-state index in [1.807, 2.05) is 13.2 Å². The predicted octanol–water partition coefficient (Wildman–Crippen LogP) is 3.04. The minimum absolute atomic E-state index is 0.269. The normalized spacial score (nSPS) is 19.0. The number of anilines is 1. The van der Waals surface area contributed by atoms with Crippen molar-refractivity contribution in [1.82, 2.24) is 10.3 Å².